The van der Waals surface area contributed by atoms with Crippen LogP contribution in [0.15, 0.2) is 12.1 Å². The number of carbonyl (C=O) groups is 1. The fraction of sp³-hybridized carbons (Fsp3) is 0.222. The molecule has 1 amide bonds. The van der Waals surface area contributed by atoms with Gasteiger partial charge in [-0.05, 0) is 12.1 Å². The van der Waals surface area contributed by atoms with E-state index in [2.05, 4.69) is 14.1 Å². The molecule has 0 radical (unpaired) electrons. The highest BCUT2D eigenvalue weighted by Gasteiger charge is 2.11. The number of benzene rings is 1. The standard InChI is InChI=1S/C9H8ClN3OS/c1-2-7(14)11-8-5(10)3-4-6-9(8)13-15-12-6/h3-4H,2H2,1H3,(H,11,14). The molecule has 2 aromatic rings. The number of rotatable bonds is 2. The van der Waals surface area contributed by atoms with Crippen molar-refractivity contribution in [2.45, 2.75) is 13.3 Å². The van der Waals surface area contributed by atoms with E-state index in [9.17, 15) is 4.79 Å². The predicted octanol–water partition coefficient (Wildman–Crippen LogP) is 2.69. The summed E-state index contributed by atoms with van der Waals surface area (Å²) in [4.78, 5) is 11.3. The third kappa shape index (κ3) is 1.93. The Morgan fingerprint density at radius 1 is 1.53 bits per heavy atom. The van der Waals surface area contributed by atoms with Crippen LogP contribution in [0.5, 0.6) is 0 Å². The van der Waals surface area contributed by atoms with Gasteiger partial charge in [0.1, 0.15) is 11.0 Å². The van der Waals surface area contributed by atoms with Crippen LogP contribution in [0.25, 0.3) is 11.0 Å². The minimum atomic E-state index is -0.0857. The van der Waals surface area contributed by atoms with Crippen LogP contribution in [0.2, 0.25) is 5.02 Å². The first-order valence-electron chi connectivity index (χ1n) is 4.43. The Labute approximate surface area is 95.6 Å². The van der Waals surface area contributed by atoms with Gasteiger partial charge in [-0.15, -0.1) is 0 Å². The van der Waals surface area contributed by atoms with E-state index in [1.165, 1.54) is 0 Å². The van der Waals surface area contributed by atoms with Crippen molar-refractivity contribution in [1.29, 1.82) is 0 Å². The Kier molecular flexibility index (Phi) is 2.83. The van der Waals surface area contributed by atoms with Gasteiger partial charge in [-0.3, -0.25) is 4.79 Å². The Balaban J connectivity index is 2.51. The highest BCUT2D eigenvalue weighted by atomic mass is 35.5. The molecule has 78 valence electrons. The lowest BCUT2D eigenvalue weighted by Crippen LogP contribution is -2.10. The molecule has 1 aromatic carbocycles. The van der Waals surface area contributed by atoms with Crippen molar-refractivity contribution in [2.75, 3.05) is 5.32 Å². The molecule has 1 heterocycles. The minimum absolute atomic E-state index is 0.0857. The summed E-state index contributed by atoms with van der Waals surface area (Å²) >= 11 is 7.08. The minimum Gasteiger partial charge on any atom is -0.323 e. The number of nitrogens with zero attached hydrogens (tertiary/aromatic N) is 2. The molecule has 0 saturated carbocycles. The third-order valence-electron chi connectivity index (χ3n) is 1.96. The second-order valence-corrected chi connectivity index (χ2v) is 3.89. The average molecular weight is 242 g/mol. The first-order valence-corrected chi connectivity index (χ1v) is 5.54. The van der Waals surface area contributed by atoms with E-state index >= 15 is 0 Å². The number of hydrogen-bond acceptors (Lipinski definition) is 4. The predicted molar refractivity (Wildman–Crippen MR) is 61.3 cm³/mol. The molecule has 15 heavy (non-hydrogen) atoms. The van der Waals surface area contributed by atoms with Crippen LogP contribution in [0.3, 0.4) is 0 Å². The van der Waals surface area contributed by atoms with E-state index in [1.54, 1.807) is 19.1 Å². The molecule has 0 aliphatic carbocycles. The van der Waals surface area contributed by atoms with Crippen LogP contribution in [0.4, 0.5) is 5.69 Å². The Hall–Kier alpha value is -1.20. The zero-order valence-electron chi connectivity index (χ0n) is 7.95. The van der Waals surface area contributed by atoms with Crippen molar-refractivity contribution >= 4 is 46.0 Å². The molecule has 0 spiro atoms. The van der Waals surface area contributed by atoms with E-state index in [-0.39, 0.29) is 5.91 Å². The van der Waals surface area contributed by atoms with Crippen molar-refractivity contribution in [3.05, 3.63) is 17.2 Å². The molecular weight excluding hydrogens is 234 g/mol. The lowest BCUT2D eigenvalue weighted by molar-refractivity contribution is -0.115. The number of carbonyl (C=O) groups excluding carboxylic acids is 1. The van der Waals surface area contributed by atoms with Gasteiger partial charge >= 0.3 is 0 Å². The van der Waals surface area contributed by atoms with Gasteiger partial charge in [0.25, 0.3) is 0 Å². The lowest BCUT2D eigenvalue weighted by atomic mass is 10.2. The maximum absolute atomic E-state index is 11.3. The molecule has 6 heteroatoms. The van der Waals surface area contributed by atoms with Gasteiger partial charge in [-0.25, -0.2) is 0 Å². The molecule has 4 nitrogen and oxygen atoms in total. The van der Waals surface area contributed by atoms with Gasteiger partial charge in [0.05, 0.1) is 22.4 Å². The molecule has 0 atom stereocenters. The van der Waals surface area contributed by atoms with Gasteiger partial charge in [0.15, 0.2) is 0 Å². The van der Waals surface area contributed by atoms with E-state index in [0.717, 1.165) is 17.2 Å². The van der Waals surface area contributed by atoms with Gasteiger partial charge in [0.2, 0.25) is 5.91 Å². The molecule has 0 aliphatic rings. The summed E-state index contributed by atoms with van der Waals surface area (Å²) in [5.74, 6) is -0.0857. The SMILES string of the molecule is CCC(=O)Nc1c(Cl)ccc2nsnc12. The summed E-state index contributed by atoms with van der Waals surface area (Å²) in [6, 6.07) is 3.49. The zero-order valence-corrected chi connectivity index (χ0v) is 9.52. The lowest BCUT2D eigenvalue weighted by Gasteiger charge is -2.05. The van der Waals surface area contributed by atoms with Crippen molar-refractivity contribution in [3.8, 4) is 0 Å². The van der Waals surface area contributed by atoms with Crippen LogP contribution in [-0.2, 0) is 4.79 Å². The topological polar surface area (TPSA) is 54.9 Å². The van der Waals surface area contributed by atoms with Crippen molar-refractivity contribution in [2.24, 2.45) is 0 Å². The molecular formula is C9H8ClN3OS. The Bertz CT molecular complexity index is 511. The molecule has 0 aliphatic heterocycles. The second kappa shape index (κ2) is 4.12. The number of aromatic nitrogens is 2. The molecule has 2 rings (SSSR count). The maximum Gasteiger partial charge on any atom is 0.224 e. The van der Waals surface area contributed by atoms with Gasteiger partial charge in [-0.2, -0.15) is 8.75 Å². The van der Waals surface area contributed by atoms with Gasteiger partial charge in [-0.1, -0.05) is 18.5 Å². The largest absolute Gasteiger partial charge is 0.323 e. The Morgan fingerprint density at radius 3 is 3.07 bits per heavy atom. The van der Waals surface area contributed by atoms with Gasteiger partial charge in [0, 0.05) is 6.42 Å². The number of hydrogen-bond donors (Lipinski definition) is 1. The maximum atomic E-state index is 11.3. The van der Waals surface area contributed by atoms with Gasteiger partial charge < -0.3 is 5.32 Å². The van der Waals surface area contributed by atoms with E-state index in [0.29, 0.717) is 22.6 Å². The van der Waals surface area contributed by atoms with Crippen molar-refractivity contribution in [1.82, 2.24) is 8.75 Å². The summed E-state index contributed by atoms with van der Waals surface area (Å²) in [7, 11) is 0. The van der Waals surface area contributed by atoms with Crippen LogP contribution in [0.1, 0.15) is 13.3 Å². The first kappa shape index (κ1) is 10.3. The first-order chi connectivity index (χ1) is 7.22. The number of nitrogens with one attached hydrogen (secondary N) is 1. The van der Waals surface area contributed by atoms with Crippen molar-refractivity contribution in [3.63, 3.8) is 0 Å². The van der Waals surface area contributed by atoms with Crippen LogP contribution in [-0.4, -0.2) is 14.7 Å². The molecule has 0 fully saturated rings. The van der Waals surface area contributed by atoms with Crippen molar-refractivity contribution < 1.29 is 4.79 Å². The highest BCUT2D eigenvalue weighted by Crippen LogP contribution is 2.29. The number of fused-ring (bicyclic) bond motifs is 1. The summed E-state index contributed by atoms with van der Waals surface area (Å²) in [5, 5.41) is 3.21. The summed E-state index contributed by atoms with van der Waals surface area (Å²) < 4.78 is 8.17. The molecule has 0 bridgehead atoms. The second-order valence-electron chi connectivity index (χ2n) is 2.96. The quantitative estimate of drug-likeness (QED) is 0.880. The molecule has 1 N–H and O–H groups in total. The smallest absolute Gasteiger partial charge is 0.224 e. The van der Waals surface area contributed by atoms with E-state index in [4.69, 9.17) is 11.6 Å². The highest BCUT2D eigenvalue weighted by molar-refractivity contribution is 7.00. The number of halogens is 1. The number of anilines is 1. The average Bonchev–Trinajstić information content (AvgIpc) is 2.70. The van der Waals surface area contributed by atoms with Crippen LogP contribution >= 0.6 is 23.3 Å². The van der Waals surface area contributed by atoms with E-state index in [1.807, 2.05) is 0 Å². The van der Waals surface area contributed by atoms with Crippen LogP contribution < -0.4 is 5.32 Å². The third-order valence-corrected chi connectivity index (χ3v) is 2.82. The summed E-state index contributed by atoms with van der Waals surface area (Å²) in [6.45, 7) is 1.78. The summed E-state index contributed by atoms with van der Waals surface area (Å²) in [5.41, 5.74) is 1.94. The zero-order chi connectivity index (χ0) is 10.8. The fourth-order valence-corrected chi connectivity index (χ4v) is 1.92. The number of amides is 1. The fourth-order valence-electron chi connectivity index (χ4n) is 1.17. The molecule has 0 unspecified atom stereocenters. The normalized spacial score (nSPS) is 10.5. The molecule has 0 saturated heterocycles. The van der Waals surface area contributed by atoms with E-state index < -0.39 is 0 Å². The summed E-state index contributed by atoms with van der Waals surface area (Å²) in [6.07, 6.45) is 0.407. The van der Waals surface area contributed by atoms with Crippen LogP contribution in [0, 0.1) is 0 Å². The molecule has 1 aromatic heterocycles. The monoisotopic (exact) mass is 241 g/mol. The Morgan fingerprint density at radius 2 is 2.33 bits per heavy atom.